The maximum Gasteiger partial charge on any atom is 0.488 e. The van der Waals surface area contributed by atoms with Crippen molar-refractivity contribution < 1.29 is 32.4 Å². The van der Waals surface area contributed by atoms with Gasteiger partial charge in [0, 0.05) is 0 Å². The van der Waals surface area contributed by atoms with Crippen molar-refractivity contribution in [2.75, 3.05) is 19.5 Å². The fraction of sp³-hybridized carbons (Fsp3) is 0.300. The Labute approximate surface area is 115 Å². The van der Waals surface area contributed by atoms with Crippen LogP contribution in [0.4, 0.5) is 4.39 Å². The molecule has 0 saturated carbocycles. The summed E-state index contributed by atoms with van der Waals surface area (Å²) in [6.07, 6.45) is 0.804. The third kappa shape index (κ3) is 4.80. The van der Waals surface area contributed by atoms with Crippen LogP contribution in [0, 0.1) is 0 Å². The van der Waals surface area contributed by atoms with Crippen molar-refractivity contribution in [1.82, 2.24) is 4.72 Å². The van der Waals surface area contributed by atoms with Gasteiger partial charge in [0.1, 0.15) is 19.0 Å². The normalized spacial score (nSPS) is 11.0. The van der Waals surface area contributed by atoms with E-state index in [1.807, 2.05) is 0 Å². The molecule has 0 bridgehead atoms. The van der Waals surface area contributed by atoms with E-state index in [1.54, 1.807) is 4.72 Å². The number of hydrogen-bond acceptors (Lipinski definition) is 6. The molecule has 1 aromatic carbocycles. The van der Waals surface area contributed by atoms with E-state index in [0.29, 0.717) is 0 Å². The molecule has 0 aliphatic carbocycles. The van der Waals surface area contributed by atoms with Gasteiger partial charge in [0.2, 0.25) is 10.0 Å². The number of sulfonamides is 1. The Morgan fingerprint density at radius 3 is 2.60 bits per heavy atom. The molecule has 0 fully saturated rings. The van der Waals surface area contributed by atoms with Crippen LogP contribution in [0.2, 0.25) is 0 Å². The van der Waals surface area contributed by atoms with E-state index in [-0.39, 0.29) is 23.4 Å². The Hall–Kier alpha value is -1.65. The summed E-state index contributed by atoms with van der Waals surface area (Å²) in [6.45, 7) is -1.18. The SMILES string of the molecule is CS(=O)(=O)NC(=O)c1ccc(B(O)O)cc1OCCF. The minimum absolute atomic E-state index is 0.0229. The third-order valence-corrected chi connectivity index (χ3v) is 2.72. The lowest BCUT2D eigenvalue weighted by molar-refractivity contribution is 0.0977. The molecule has 20 heavy (non-hydrogen) atoms. The molecular formula is C10H13BFNO6S. The van der Waals surface area contributed by atoms with Crippen molar-refractivity contribution in [2.45, 2.75) is 0 Å². The fourth-order valence-corrected chi connectivity index (χ4v) is 1.83. The molecule has 110 valence electrons. The predicted molar refractivity (Wildman–Crippen MR) is 70.0 cm³/mol. The van der Waals surface area contributed by atoms with Crippen LogP contribution in [0.1, 0.15) is 10.4 Å². The Kier molecular flexibility index (Phi) is 5.48. The molecule has 0 atom stereocenters. The first kappa shape index (κ1) is 16.4. The zero-order chi connectivity index (χ0) is 15.3. The summed E-state index contributed by atoms with van der Waals surface area (Å²) in [5.74, 6) is -1.10. The van der Waals surface area contributed by atoms with E-state index in [1.165, 1.54) is 6.07 Å². The topological polar surface area (TPSA) is 113 Å². The number of ether oxygens (including phenoxy) is 1. The highest BCUT2D eigenvalue weighted by molar-refractivity contribution is 7.89. The van der Waals surface area contributed by atoms with Crippen molar-refractivity contribution in [3.05, 3.63) is 23.8 Å². The van der Waals surface area contributed by atoms with Gasteiger partial charge in [-0.15, -0.1) is 0 Å². The molecule has 0 radical (unpaired) electrons. The van der Waals surface area contributed by atoms with Crippen LogP contribution < -0.4 is 14.9 Å². The van der Waals surface area contributed by atoms with Crippen molar-refractivity contribution in [1.29, 1.82) is 0 Å². The first-order valence-corrected chi connectivity index (χ1v) is 7.34. The van der Waals surface area contributed by atoms with Gasteiger partial charge in [-0.05, 0) is 17.6 Å². The highest BCUT2D eigenvalue weighted by Crippen LogP contribution is 2.17. The smallest absolute Gasteiger partial charge is 0.488 e. The van der Waals surface area contributed by atoms with Gasteiger partial charge in [0.05, 0.1) is 11.8 Å². The number of hydrogen-bond donors (Lipinski definition) is 3. The largest absolute Gasteiger partial charge is 0.490 e. The zero-order valence-electron chi connectivity index (χ0n) is 10.5. The summed E-state index contributed by atoms with van der Waals surface area (Å²) in [5.41, 5.74) is -0.136. The zero-order valence-corrected chi connectivity index (χ0v) is 11.4. The van der Waals surface area contributed by atoms with Gasteiger partial charge in [0.25, 0.3) is 5.91 Å². The summed E-state index contributed by atoms with van der Waals surface area (Å²) in [5, 5.41) is 18.0. The summed E-state index contributed by atoms with van der Waals surface area (Å²) in [7, 11) is -5.56. The quantitative estimate of drug-likeness (QED) is 0.546. The second-order valence-corrected chi connectivity index (χ2v) is 5.62. The van der Waals surface area contributed by atoms with Crippen molar-refractivity contribution in [3.63, 3.8) is 0 Å². The van der Waals surface area contributed by atoms with Gasteiger partial charge >= 0.3 is 7.12 Å². The van der Waals surface area contributed by atoms with Crippen molar-refractivity contribution >= 4 is 28.5 Å². The van der Waals surface area contributed by atoms with Crippen LogP contribution in [-0.2, 0) is 10.0 Å². The Morgan fingerprint density at radius 1 is 1.45 bits per heavy atom. The molecule has 0 spiro atoms. The standard InChI is InChI=1S/C10H13BFNO6S/c1-20(17,18)13-10(14)8-3-2-7(11(15)16)6-9(8)19-5-4-12/h2-3,6,15-16H,4-5H2,1H3,(H,13,14). The number of carbonyl (C=O) groups is 1. The van der Waals surface area contributed by atoms with Crippen molar-refractivity contribution in [3.8, 4) is 5.75 Å². The molecule has 0 saturated heterocycles. The Bertz CT molecular complexity index is 591. The molecule has 0 aliphatic rings. The van der Waals surface area contributed by atoms with E-state index in [4.69, 9.17) is 14.8 Å². The van der Waals surface area contributed by atoms with Crippen LogP contribution in [0.3, 0.4) is 0 Å². The molecule has 0 unspecified atom stereocenters. The lowest BCUT2D eigenvalue weighted by Gasteiger charge is -2.12. The molecular weight excluding hydrogens is 292 g/mol. The van der Waals surface area contributed by atoms with E-state index in [2.05, 4.69) is 0 Å². The maximum absolute atomic E-state index is 12.1. The molecule has 1 amide bonds. The van der Waals surface area contributed by atoms with E-state index in [9.17, 15) is 17.6 Å². The van der Waals surface area contributed by atoms with E-state index < -0.39 is 29.7 Å². The number of benzene rings is 1. The van der Waals surface area contributed by atoms with Gasteiger partial charge < -0.3 is 14.8 Å². The minimum Gasteiger partial charge on any atom is -0.490 e. The molecule has 3 N–H and O–H groups in total. The van der Waals surface area contributed by atoms with Gasteiger partial charge in [-0.3, -0.25) is 4.79 Å². The van der Waals surface area contributed by atoms with Crippen LogP contribution in [0.5, 0.6) is 5.75 Å². The number of carbonyl (C=O) groups excluding carboxylic acids is 1. The second kappa shape index (κ2) is 6.68. The minimum atomic E-state index is -3.76. The van der Waals surface area contributed by atoms with Crippen LogP contribution in [-0.4, -0.2) is 51.0 Å². The molecule has 10 heteroatoms. The molecule has 0 aliphatic heterocycles. The van der Waals surface area contributed by atoms with E-state index in [0.717, 1.165) is 18.4 Å². The Morgan fingerprint density at radius 2 is 2.10 bits per heavy atom. The lowest BCUT2D eigenvalue weighted by Crippen LogP contribution is -2.32. The van der Waals surface area contributed by atoms with Gasteiger partial charge in [-0.2, -0.15) is 0 Å². The Balaban J connectivity index is 3.13. The summed E-state index contributed by atoms with van der Waals surface area (Å²) >= 11 is 0. The highest BCUT2D eigenvalue weighted by atomic mass is 32.2. The molecule has 1 aromatic rings. The first-order valence-electron chi connectivity index (χ1n) is 5.45. The van der Waals surface area contributed by atoms with Crippen LogP contribution in [0.25, 0.3) is 0 Å². The van der Waals surface area contributed by atoms with Crippen LogP contribution >= 0.6 is 0 Å². The highest BCUT2D eigenvalue weighted by Gasteiger charge is 2.20. The number of amides is 1. The summed E-state index contributed by atoms with van der Waals surface area (Å²) < 4.78 is 40.8. The summed E-state index contributed by atoms with van der Waals surface area (Å²) in [6, 6.07) is 3.49. The molecule has 1 rings (SSSR count). The van der Waals surface area contributed by atoms with Gasteiger partial charge in [-0.1, -0.05) is 6.07 Å². The number of rotatable bonds is 6. The second-order valence-electron chi connectivity index (χ2n) is 3.87. The van der Waals surface area contributed by atoms with Gasteiger partial charge in [-0.25, -0.2) is 17.5 Å². The lowest BCUT2D eigenvalue weighted by atomic mass is 9.80. The average Bonchev–Trinajstić information content (AvgIpc) is 2.33. The molecule has 0 aromatic heterocycles. The average molecular weight is 305 g/mol. The number of halogens is 1. The maximum atomic E-state index is 12.1. The molecule has 0 heterocycles. The fourth-order valence-electron chi connectivity index (χ4n) is 1.38. The van der Waals surface area contributed by atoms with Crippen molar-refractivity contribution in [2.24, 2.45) is 0 Å². The van der Waals surface area contributed by atoms with Crippen LogP contribution in [0.15, 0.2) is 18.2 Å². The number of alkyl halides is 1. The van der Waals surface area contributed by atoms with Gasteiger partial charge in [0.15, 0.2) is 0 Å². The molecule has 7 nitrogen and oxygen atoms in total. The third-order valence-electron chi connectivity index (χ3n) is 2.16. The summed E-state index contributed by atoms with van der Waals surface area (Å²) in [4.78, 5) is 11.7. The number of nitrogens with one attached hydrogen (secondary N) is 1. The predicted octanol–water partition coefficient (Wildman–Crippen LogP) is -1.60. The monoisotopic (exact) mass is 305 g/mol. The first-order chi connectivity index (χ1) is 9.24. The van der Waals surface area contributed by atoms with E-state index >= 15 is 0 Å².